The first-order chi connectivity index (χ1) is 19.2. The van der Waals surface area contributed by atoms with E-state index in [1.165, 1.54) is 11.2 Å². The van der Waals surface area contributed by atoms with E-state index in [4.69, 9.17) is 0 Å². The van der Waals surface area contributed by atoms with Gasteiger partial charge in [-0.25, -0.2) is 8.42 Å². The van der Waals surface area contributed by atoms with E-state index in [-0.39, 0.29) is 29.8 Å². The smallest absolute Gasteiger partial charge is 0.320 e. The number of nitrogens with zero attached hydrogens (tertiary/aromatic N) is 4. The molecule has 0 saturated heterocycles. The Balaban J connectivity index is 1.35. The maximum Gasteiger partial charge on any atom is 0.416 e. The molecule has 1 amide bonds. The van der Waals surface area contributed by atoms with Crippen LogP contribution in [0.3, 0.4) is 0 Å². The summed E-state index contributed by atoms with van der Waals surface area (Å²) in [5.74, 6) is 0.108. The number of benzene rings is 2. The van der Waals surface area contributed by atoms with E-state index in [0.29, 0.717) is 29.9 Å². The maximum atomic E-state index is 14.2. The van der Waals surface area contributed by atoms with Crippen LogP contribution in [0, 0.1) is 0 Å². The Labute approximate surface area is 236 Å². The quantitative estimate of drug-likeness (QED) is 0.437. The number of hydrogen-bond donors (Lipinski definition) is 1. The van der Waals surface area contributed by atoms with Crippen molar-refractivity contribution in [3.63, 3.8) is 0 Å². The zero-order valence-corrected chi connectivity index (χ0v) is 23.9. The van der Waals surface area contributed by atoms with Gasteiger partial charge in [0, 0.05) is 36.6 Å². The molecule has 8 nitrogen and oxygen atoms in total. The van der Waals surface area contributed by atoms with Crippen LogP contribution in [0.15, 0.2) is 42.7 Å². The Bertz CT molecular complexity index is 1640. The lowest BCUT2D eigenvalue weighted by Crippen LogP contribution is -2.50. The van der Waals surface area contributed by atoms with Gasteiger partial charge in [-0.3, -0.25) is 4.79 Å². The minimum Gasteiger partial charge on any atom is -0.320 e. The summed E-state index contributed by atoms with van der Waals surface area (Å²) in [6.45, 7) is 2.10. The third-order valence-corrected chi connectivity index (χ3v) is 10.7. The molecule has 0 atom stereocenters. The van der Waals surface area contributed by atoms with Crippen LogP contribution in [0.5, 0.6) is 0 Å². The third kappa shape index (κ3) is 4.74. The topological polar surface area (TPSA) is 97.2 Å². The molecule has 3 aliphatic rings. The molecule has 3 aromatic rings. The van der Waals surface area contributed by atoms with Crippen LogP contribution < -0.4 is 10.2 Å². The first-order valence-electron chi connectivity index (χ1n) is 13.6. The first kappa shape index (κ1) is 27.9. The maximum absolute atomic E-state index is 14.2. The number of sulfone groups is 1. The van der Waals surface area contributed by atoms with Crippen LogP contribution in [0.2, 0.25) is 0 Å². The predicted octanol–water partition coefficient (Wildman–Crippen LogP) is 4.52. The molecule has 2 heterocycles. The normalized spacial score (nSPS) is 23.7. The van der Waals surface area contributed by atoms with Gasteiger partial charge in [0.05, 0.1) is 22.8 Å². The van der Waals surface area contributed by atoms with Crippen molar-refractivity contribution in [3.8, 4) is 0 Å². The Morgan fingerprint density at radius 2 is 1.88 bits per heavy atom. The van der Waals surface area contributed by atoms with Gasteiger partial charge in [-0.15, -0.1) is 10.2 Å². The van der Waals surface area contributed by atoms with Gasteiger partial charge in [0.15, 0.2) is 0 Å². The van der Waals surface area contributed by atoms with Gasteiger partial charge in [-0.2, -0.15) is 13.2 Å². The van der Waals surface area contributed by atoms with E-state index >= 15 is 0 Å². The number of anilines is 1. The Kier molecular flexibility index (Phi) is 6.38. The molecule has 1 aliphatic heterocycles. The number of aryl methyl sites for hydroxylation is 1. The summed E-state index contributed by atoms with van der Waals surface area (Å²) in [7, 11) is -1.51. The van der Waals surface area contributed by atoms with E-state index in [1.54, 1.807) is 42.2 Å². The summed E-state index contributed by atoms with van der Waals surface area (Å²) in [5, 5.41) is 11.1. The van der Waals surface area contributed by atoms with Crippen LogP contribution >= 0.6 is 0 Å². The van der Waals surface area contributed by atoms with Crippen LogP contribution in [-0.2, 0) is 41.6 Å². The first-order valence-corrected chi connectivity index (χ1v) is 15.6. The molecule has 0 bridgehead atoms. The molecule has 12 heteroatoms. The number of halogens is 3. The Morgan fingerprint density at radius 3 is 2.46 bits per heavy atom. The molecule has 1 N–H and O–H groups in total. The fourth-order valence-corrected chi connectivity index (χ4v) is 7.66. The van der Waals surface area contributed by atoms with E-state index in [2.05, 4.69) is 22.4 Å². The predicted molar refractivity (Wildman–Crippen MR) is 147 cm³/mol. The monoisotopic (exact) mass is 587 g/mol. The number of fused-ring (bicyclic) bond motifs is 1. The molecule has 2 aromatic carbocycles. The number of amides is 1. The van der Waals surface area contributed by atoms with Crippen molar-refractivity contribution in [1.82, 2.24) is 20.1 Å². The van der Waals surface area contributed by atoms with E-state index < -0.39 is 38.1 Å². The number of rotatable bonds is 7. The fourth-order valence-electron chi connectivity index (χ4n) is 6.49. The van der Waals surface area contributed by atoms with E-state index in [0.717, 1.165) is 30.9 Å². The molecule has 1 aromatic heterocycles. The zero-order valence-electron chi connectivity index (χ0n) is 23.1. The SMILES string of the molecule is Cn1cnnc1[C@]1(c2cccc(N3Cc4c(cc(CNC5(C)CCC5)cc4C(F)(F)F)C3=O)c2)C[C@@H](S(C)(=O)=O)C1. The zero-order chi connectivity index (χ0) is 29.4. The second kappa shape index (κ2) is 9.38. The van der Waals surface area contributed by atoms with Gasteiger partial charge in [-0.05, 0) is 80.0 Å². The van der Waals surface area contributed by atoms with Gasteiger partial charge >= 0.3 is 6.18 Å². The molecule has 2 saturated carbocycles. The number of aromatic nitrogens is 3. The molecule has 0 radical (unpaired) electrons. The lowest BCUT2D eigenvalue weighted by atomic mass is 9.63. The lowest BCUT2D eigenvalue weighted by molar-refractivity contribution is -0.138. The summed E-state index contributed by atoms with van der Waals surface area (Å²) in [6, 6.07) is 9.78. The van der Waals surface area contributed by atoms with Crippen molar-refractivity contribution in [2.75, 3.05) is 11.2 Å². The van der Waals surface area contributed by atoms with Gasteiger partial charge in [0.1, 0.15) is 22.0 Å². The summed E-state index contributed by atoms with van der Waals surface area (Å²) in [4.78, 5) is 15.0. The number of hydrogen-bond acceptors (Lipinski definition) is 6. The standard InChI is InChI=1S/C29H32F3N5O3S/c1-27(8-5-9-27)33-15-18-10-22-23(24(11-18)29(30,31)32)16-37(25(22)38)20-7-4-6-19(12-20)28(26-35-34-17-36(26)2)13-21(14-28)41(3,39)40/h4,6-7,10-12,17,21,33H,5,8-9,13-16H2,1-3H3/t21-,28-. The molecule has 41 heavy (non-hydrogen) atoms. The van der Waals surface area contributed by atoms with Gasteiger partial charge < -0.3 is 14.8 Å². The molecule has 0 unspecified atom stereocenters. The van der Waals surface area contributed by atoms with E-state index in [9.17, 15) is 26.4 Å². The largest absolute Gasteiger partial charge is 0.416 e. The summed E-state index contributed by atoms with van der Waals surface area (Å²) in [5.41, 5.74) is 0.00793. The molecule has 2 fully saturated rings. The van der Waals surface area contributed by atoms with Crippen molar-refractivity contribution < 1.29 is 26.4 Å². The summed E-state index contributed by atoms with van der Waals surface area (Å²) >= 11 is 0. The highest BCUT2D eigenvalue weighted by atomic mass is 32.2. The number of nitrogens with one attached hydrogen (secondary N) is 1. The molecule has 2 aliphatic carbocycles. The average molecular weight is 588 g/mol. The van der Waals surface area contributed by atoms with Crippen LogP contribution in [0.25, 0.3) is 0 Å². The van der Waals surface area contributed by atoms with Crippen molar-refractivity contribution in [2.24, 2.45) is 7.05 Å². The summed E-state index contributed by atoms with van der Waals surface area (Å²) in [6.07, 6.45) is 1.76. The van der Waals surface area contributed by atoms with Crippen LogP contribution in [0.1, 0.15) is 77.5 Å². The number of carbonyl (C=O) groups is 1. The molecule has 0 spiro atoms. The molecule has 218 valence electrons. The van der Waals surface area contributed by atoms with Gasteiger partial charge in [-0.1, -0.05) is 12.1 Å². The van der Waals surface area contributed by atoms with Gasteiger partial charge in [0.2, 0.25) is 0 Å². The van der Waals surface area contributed by atoms with Crippen LogP contribution in [0.4, 0.5) is 18.9 Å². The minimum atomic E-state index is -4.61. The molecular formula is C29H32F3N5O3S. The Morgan fingerprint density at radius 1 is 1.15 bits per heavy atom. The van der Waals surface area contributed by atoms with Crippen molar-refractivity contribution in [3.05, 3.63) is 76.4 Å². The minimum absolute atomic E-state index is 0.0321. The highest BCUT2D eigenvalue weighted by molar-refractivity contribution is 7.91. The van der Waals surface area contributed by atoms with Crippen molar-refractivity contribution in [2.45, 2.75) is 74.5 Å². The highest BCUT2D eigenvalue weighted by Crippen LogP contribution is 2.51. The van der Waals surface area contributed by atoms with Crippen molar-refractivity contribution in [1.29, 1.82) is 0 Å². The van der Waals surface area contributed by atoms with Crippen molar-refractivity contribution >= 4 is 21.4 Å². The van der Waals surface area contributed by atoms with E-state index in [1.807, 2.05) is 6.07 Å². The Hall–Kier alpha value is -3.25. The average Bonchev–Trinajstić information content (AvgIpc) is 3.43. The number of alkyl halides is 3. The molecule has 6 rings (SSSR count). The van der Waals surface area contributed by atoms with Gasteiger partial charge in [0.25, 0.3) is 5.91 Å². The highest BCUT2D eigenvalue weighted by Gasteiger charge is 2.53. The third-order valence-electron chi connectivity index (χ3n) is 9.19. The molecular weight excluding hydrogens is 555 g/mol. The fraction of sp³-hybridized carbons (Fsp3) is 0.483. The second-order valence-corrected chi connectivity index (χ2v) is 14.4. The van der Waals surface area contributed by atoms with Crippen LogP contribution in [-0.4, -0.2) is 46.1 Å². The lowest BCUT2D eigenvalue weighted by Gasteiger charge is -2.46. The number of carbonyl (C=O) groups excluding carboxylic acids is 1. The second-order valence-electron chi connectivity index (χ2n) is 12.1. The summed E-state index contributed by atoms with van der Waals surface area (Å²) < 4.78 is 69.0.